The highest BCUT2D eigenvalue weighted by Gasteiger charge is 2.09. The van der Waals surface area contributed by atoms with Gasteiger partial charge in [0.15, 0.2) is 0 Å². The normalized spacial score (nSPS) is 23.2. The van der Waals surface area contributed by atoms with Gasteiger partial charge in [0.2, 0.25) is 0 Å². The molecule has 1 aliphatic heterocycles. The molecule has 0 aromatic heterocycles. The third-order valence-electron chi connectivity index (χ3n) is 2.26. The van der Waals surface area contributed by atoms with Crippen molar-refractivity contribution < 1.29 is 0 Å². The SMILES string of the molecule is CC(C)N1CCCCCCN1. The van der Waals surface area contributed by atoms with Crippen molar-refractivity contribution in [2.24, 2.45) is 0 Å². The van der Waals surface area contributed by atoms with Crippen LogP contribution in [-0.2, 0) is 0 Å². The van der Waals surface area contributed by atoms with E-state index in [1.165, 1.54) is 32.2 Å². The fourth-order valence-electron chi connectivity index (χ4n) is 1.50. The molecule has 0 aromatic rings. The molecule has 0 saturated carbocycles. The number of rotatable bonds is 1. The summed E-state index contributed by atoms with van der Waals surface area (Å²) in [4.78, 5) is 0. The Morgan fingerprint density at radius 3 is 2.55 bits per heavy atom. The van der Waals surface area contributed by atoms with Crippen molar-refractivity contribution in [3.05, 3.63) is 0 Å². The molecule has 1 rings (SSSR count). The van der Waals surface area contributed by atoms with E-state index in [-0.39, 0.29) is 0 Å². The van der Waals surface area contributed by atoms with E-state index < -0.39 is 0 Å². The summed E-state index contributed by atoms with van der Waals surface area (Å²) in [5, 5.41) is 2.36. The van der Waals surface area contributed by atoms with E-state index >= 15 is 0 Å². The number of hydrogen-bond acceptors (Lipinski definition) is 2. The Bertz CT molecular complexity index is 93.7. The first-order valence-corrected chi connectivity index (χ1v) is 4.81. The molecule has 0 spiro atoms. The van der Waals surface area contributed by atoms with Gasteiger partial charge in [-0.3, -0.25) is 5.43 Å². The average Bonchev–Trinajstić information content (AvgIpc) is 1.84. The first kappa shape index (κ1) is 9.01. The third kappa shape index (κ3) is 3.21. The molecule has 0 amide bonds. The Kier molecular flexibility index (Phi) is 3.87. The first-order chi connectivity index (χ1) is 5.30. The van der Waals surface area contributed by atoms with Gasteiger partial charge in [0.1, 0.15) is 0 Å². The van der Waals surface area contributed by atoms with Crippen LogP contribution in [0.4, 0.5) is 0 Å². The van der Waals surface area contributed by atoms with E-state index in [9.17, 15) is 0 Å². The highest BCUT2D eigenvalue weighted by molar-refractivity contribution is 4.61. The number of hydrogen-bond donors (Lipinski definition) is 1. The van der Waals surface area contributed by atoms with Gasteiger partial charge in [-0.1, -0.05) is 12.8 Å². The summed E-state index contributed by atoms with van der Waals surface area (Å²) in [5.74, 6) is 0. The summed E-state index contributed by atoms with van der Waals surface area (Å²) in [5.41, 5.74) is 3.45. The maximum absolute atomic E-state index is 3.45. The lowest BCUT2D eigenvalue weighted by Crippen LogP contribution is -2.44. The molecule has 1 heterocycles. The zero-order valence-corrected chi connectivity index (χ0v) is 7.77. The molecule has 11 heavy (non-hydrogen) atoms. The molecule has 2 heteroatoms. The van der Waals surface area contributed by atoms with Crippen LogP contribution in [0.1, 0.15) is 39.5 Å². The van der Waals surface area contributed by atoms with Crippen molar-refractivity contribution in [1.29, 1.82) is 0 Å². The van der Waals surface area contributed by atoms with Crippen LogP contribution in [0.15, 0.2) is 0 Å². The van der Waals surface area contributed by atoms with E-state index in [2.05, 4.69) is 24.3 Å². The molecule has 1 fully saturated rings. The Balaban J connectivity index is 2.26. The molecule has 2 nitrogen and oxygen atoms in total. The number of nitrogens with zero attached hydrogens (tertiary/aromatic N) is 1. The lowest BCUT2D eigenvalue weighted by Gasteiger charge is -2.28. The van der Waals surface area contributed by atoms with Crippen LogP contribution in [0.5, 0.6) is 0 Å². The van der Waals surface area contributed by atoms with Gasteiger partial charge >= 0.3 is 0 Å². The van der Waals surface area contributed by atoms with Crippen molar-refractivity contribution in [1.82, 2.24) is 10.4 Å². The largest absolute Gasteiger partial charge is 0.255 e. The van der Waals surface area contributed by atoms with Crippen LogP contribution >= 0.6 is 0 Å². The second-order valence-electron chi connectivity index (χ2n) is 3.61. The molecule has 1 N–H and O–H groups in total. The van der Waals surface area contributed by atoms with Gasteiger partial charge in [0.25, 0.3) is 0 Å². The lowest BCUT2D eigenvalue weighted by atomic mass is 10.1. The maximum Gasteiger partial charge on any atom is 0.0187 e. The fraction of sp³-hybridized carbons (Fsp3) is 1.00. The molecule has 0 unspecified atom stereocenters. The standard InChI is InChI=1S/C9H20N2/c1-9(2)11-8-6-4-3-5-7-10-11/h9-10H,3-8H2,1-2H3. The molecule has 0 aliphatic carbocycles. The van der Waals surface area contributed by atoms with Gasteiger partial charge in [-0.25, -0.2) is 5.01 Å². The molecular formula is C9H20N2. The summed E-state index contributed by atoms with van der Waals surface area (Å²) < 4.78 is 0. The van der Waals surface area contributed by atoms with Crippen LogP contribution < -0.4 is 5.43 Å². The minimum Gasteiger partial charge on any atom is -0.255 e. The van der Waals surface area contributed by atoms with E-state index in [0.29, 0.717) is 6.04 Å². The van der Waals surface area contributed by atoms with E-state index in [1.807, 2.05) is 0 Å². The van der Waals surface area contributed by atoms with Crippen LogP contribution in [-0.4, -0.2) is 24.1 Å². The summed E-state index contributed by atoms with van der Waals surface area (Å²) in [6, 6.07) is 0.646. The van der Waals surface area contributed by atoms with Crippen LogP contribution in [0.3, 0.4) is 0 Å². The fourth-order valence-corrected chi connectivity index (χ4v) is 1.50. The smallest absolute Gasteiger partial charge is 0.0187 e. The van der Waals surface area contributed by atoms with E-state index in [0.717, 1.165) is 6.54 Å². The zero-order valence-electron chi connectivity index (χ0n) is 7.77. The predicted octanol–water partition coefficient (Wildman–Crippen LogP) is 1.78. The number of hydrazine groups is 1. The van der Waals surface area contributed by atoms with E-state index in [4.69, 9.17) is 0 Å². The second kappa shape index (κ2) is 4.73. The highest BCUT2D eigenvalue weighted by atomic mass is 15.5. The van der Waals surface area contributed by atoms with Crippen LogP contribution in [0, 0.1) is 0 Å². The topological polar surface area (TPSA) is 15.3 Å². The highest BCUT2D eigenvalue weighted by Crippen LogP contribution is 2.06. The Labute approximate surface area is 69.9 Å². The lowest BCUT2D eigenvalue weighted by molar-refractivity contribution is 0.131. The predicted molar refractivity (Wildman–Crippen MR) is 48.3 cm³/mol. The van der Waals surface area contributed by atoms with Gasteiger partial charge in [-0.2, -0.15) is 0 Å². The molecule has 0 bridgehead atoms. The van der Waals surface area contributed by atoms with Gasteiger partial charge in [-0.05, 0) is 26.7 Å². The first-order valence-electron chi connectivity index (χ1n) is 4.81. The average molecular weight is 156 g/mol. The molecule has 1 saturated heterocycles. The summed E-state index contributed by atoms with van der Waals surface area (Å²) in [7, 11) is 0. The van der Waals surface area contributed by atoms with Crippen molar-refractivity contribution in [3.63, 3.8) is 0 Å². The van der Waals surface area contributed by atoms with Crippen molar-refractivity contribution in [2.75, 3.05) is 13.1 Å². The van der Waals surface area contributed by atoms with E-state index in [1.54, 1.807) is 0 Å². The van der Waals surface area contributed by atoms with Gasteiger partial charge < -0.3 is 0 Å². The third-order valence-corrected chi connectivity index (χ3v) is 2.26. The van der Waals surface area contributed by atoms with Crippen molar-refractivity contribution in [3.8, 4) is 0 Å². The van der Waals surface area contributed by atoms with Crippen molar-refractivity contribution >= 4 is 0 Å². The monoisotopic (exact) mass is 156 g/mol. The zero-order chi connectivity index (χ0) is 8.10. The molecule has 1 aliphatic rings. The number of nitrogens with one attached hydrogen (secondary N) is 1. The summed E-state index contributed by atoms with van der Waals surface area (Å²) >= 11 is 0. The van der Waals surface area contributed by atoms with Crippen LogP contribution in [0.25, 0.3) is 0 Å². The minimum absolute atomic E-state index is 0.646. The molecule has 0 aromatic carbocycles. The summed E-state index contributed by atoms with van der Waals surface area (Å²) in [6.07, 6.45) is 5.50. The van der Waals surface area contributed by atoms with Gasteiger partial charge in [-0.15, -0.1) is 0 Å². The van der Waals surface area contributed by atoms with Gasteiger partial charge in [0.05, 0.1) is 0 Å². The Morgan fingerprint density at radius 1 is 1.09 bits per heavy atom. The van der Waals surface area contributed by atoms with Gasteiger partial charge in [0, 0.05) is 19.1 Å². The second-order valence-corrected chi connectivity index (χ2v) is 3.61. The molecular weight excluding hydrogens is 136 g/mol. The summed E-state index contributed by atoms with van der Waals surface area (Å²) in [6.45, 7) is 6.87. The van der Waals surface area contributed by atoms with Crippen LogP contribution in [0.2, 0.25) is 0 Å². The molecule has 0 atom stereocenters. The van der Waals surface area contributed by atoms with Crippen molar-refractivity contribution in [2.45, 2.75) is 45.6 Å². The maximum atomic E-state index is 3.45. The minimum atomic E-state index is 0.646. The Hall–Kier alpha value is -0.0800. The quantitative estimate of drug-likeness (QED) is 0.622. The Morgan fingerprint density at radius 2 is 1.82 bits per heavy atom. The molecule has 66 valence electrons. The molecule has 0 radical (unpaired) electrons.